The summed E-state index contributed by atoms with van der Waals surface area (Å²) in [6, 6.07) is 11.6. The van der Waals surface area contributed by atoms with Gasteiger partial charge in [-0.15, -0.1) is 0 Å². The smallest absolute Gasteiger partial charge is 0.339 e. The Balaban J connectivity index is -0.0000000986. The predicted octanol–water partition coefficient (Wildman–Crippen LogP) is -4.19. The molecule has 0 spiro atoms. The Morgan fingerprint density at radius 1 is 0.432 bits per heavy atom. The number of aromatic hydroxyl groups is 2. The van der Waals surface area contributed by atoms with Crippen molar-refractivity contribution in [1.29, 1.82) is 0 Å². The van der Waals surface area contributed by atoms with Crippen LogP contribution in [0.3, 0.4) is 0 Å². The molecular weight excluding hydrogens is 588 g/mol. The molecule has 0 amide bonds. The molecule has 2 aromatic rings. The Morgan fingerprint density at radius 3 is 0.682 bits per heavy atom. The number of carbonyl (C=O) groups is 2. The zero-order valence-electron chi connectivity index (χ0n) is 24.9. The summed E-state index contributed by atoms with van der Waals surface area (Å²) in [4.78, 5) is 20.5. The molecule has 0 heterocycles. The maximum atomic E-state index is 10.3. The number of hydrogen-bond donors (Lipinski definition) is 16. The molecule has 0 aliphatic heterocycles. The molecule has 44 heavy (non-hydrogen) atoms. The van der Waals surface area contributed by atoms with Gasteiger partial charge >= 0.3 is 11.9 Å². The quantitative estimate of drug-likeness (QED) is 0.130. The third-order valence-corrected chi connectivity index (χ3v) is 3.04. The van der Waals surface area contributed by atoms with Crippen LogP contribution in [0.5, 0.6) is 11.5 Å². The second-order valence-corrected chi connectivity index (χ2v) is 6.72. The molecule has 0 atom stereocenters. The summed E-state index contributed by atoms with van der Waals surface area (Å²) in [6.45, 7) is 2.83. The van der Waals surface area contributed by atoms with Crippen molar-refractivity contribution >= 4 is 11.9 Å². The maximum Gasteiger partial charge on any atom is 0.339 e. The number of hydrogen-bond acceptors (Lipinski definition) is 16. The zero-order chi connectivity index (χ0) is 35.6. The lowest BCUT2D eigenvalue weighted by Crippen LogP contribution is -2.02. The molecule has 0 aliphatic rings. The highest BCUT2D eigenvalue weighted by molar-refractivity contribution is 5.91. The van der Waals surface area contributed by atoms with E-state index in [0.29, 0.717) is 39.3 Å². The van der Waals surface area contributed by atoms with Crippen LogP contribution in [0.1, 0.15) is 20.7 Å². The van der Waals surface area contributed by atoms with E-state index in [1.165, 1.54) is 24.3 Å². The highest BCUT2D eigenvalue weighted by Gasteiger charge is 2.06. The van der Waals surface area contributed by atoms with E-state index < -0.39 is 11.9 Å². The summed E-state index contributed by atoms with van der Waals surface area (Å²) in [6.07, 6.45) is 0. The number of phenols is 2. The average Bonchev–Trinajstić information content (AvgIpc) is 3.05. The van der Waals surface area contributed by atoms with E-state index >= 15 is 0 Å². The van der Waals surface area contributed by atoms with Gasteiger partial charge in [0.05, 0.1) is 39.6 Å². The van der Waals surface area contributed by atoms with Crippen LogP contribution in [-0.2, 0) is 0 Å². The summed E-state index contributed by atoms with van der Waals surface area (Å²) >= 11 is 0. The van der Waals surface area contributed by atoms with E-state index in [4.69, 9.17) is 85.5 Å². The van der Waals surface area contributed by atoms with E-state index in [1.54, 1.807) is 24.3 Å². The average molecular weight is 643 g/mol. The Hall–Kier alpha value is -3.50. The van der Waals surface area contributed by atoms with Crippen LogP contribution in [0.15, 0.2) is 48.5 Å². The fourth-order valence-electron chi connectivity index (χ4n) is 1.31. The molecule has 0 aliphatic carbocycles. The van der Waals surface area contributed by atoms with Gasteiger partial charge in [0.25, 0.3) is 0 Å². The van der Waals surface area contributed by atoms with Crippen molar-refractivity contribution in [2.75, 3.05) is 78.9 Å². The second kappa shape index (κ2) is 49.2. The van der Waals surface area contributed by atoms with Crippen molar-refractivity contribution in [2.45, 2.75) is 0 Å². The SMILES string of the molecule is NCCO.NCCO.NCCO.NCCO.NCCO.NCCO.O=C(O)c1ccccc1O.O=C(O)c1ccccc1O. The van der Waals surface area contributed by atoms with Gasteiger partial charge in [0.2, 0.25) is 0 Å². The Morgan fingerprint density at radius 2 is 0.591 bits per heavy atom. The lowest BCUT2D eigenvalue weighted by molar-refractivity contribution is 0.0682. The largest absolute Gasteiger partial charge is 0.507 e. The molecule has 0 unspecified atom stereocenters. The van der Waals surface area contributed by atoms with Gasteiger partial charge in [-0.25, -0.2) is 9.59 Å². The Labute approximate surface area is 257 Å². The molecule has 0 saturated carbocycles. The molecular formula is C26H54N6O12. The Bertz CT molecular complexity index is 741. The van der Waals surface area contributed by atoms with Crippen LogP contribution < -0.4 is 34.4 Å². The van der Waals surface area contributed by atoms with Gasteiger partial charge < -0.3 is 85.5 Å². The van der Waals surface area contributed by atoms with Crippen molar-refractivity contribution in [3.05, 3.63) is 59.7 Å². The van der Waals surface area contributed by atoms with Crippen LogP contribution in [-0.4, -0.2) is 142 Å². The van der Waals surface area contributed by atoms with Crippen molar-refractivity contribution in [3.63, 3.8) is 0 Å². The molecule has 18 heteroatoms. The molecule has 18 nitrogen and oxygen atoms in total. The topological polar surface area (TPSA) is 393 Å². The monoisotopic (exact) mass is 642 g/mol. The van der Waals surface area contributed by atoms with Crippen molar-refractivity contribution < 1.29 is 60.7 Å². The van der Waals surface area contributed by atoms with Crippen molar-refractivity contribution in [3.8, 4) is 11.5 Å². The van der Waals surface area contributed by atoms with Crippen LogP contribution in [0.4, 0.5) is 0 Å². The number of carboxylic acids is 2. The minimum absolute atomic E-state index is 0.0671. The molecule has 0 fully saturated rings. The van der Waals surface area contributed by atoms with Gasteiger partial charge in [-0.2, -0.15) is 0 Å². The summed E-state index contributed by atoms with van der Waals surface area (Å²) < 4.78 is 0. The normalized spacial score (nSPS) is 8.27. The van der Waals surface area contributed by atoms with Gasteiger partial charge in [0, 0.05) is 39.3 Å². The first-order valence-electron chi connectivity index (χ1n) is 12.8. The Kier molecular flexibility index (Phi) is 59.4. The molecule has 2 aromatic carbocycles. The standard InChI is InChI=1S/2C7H6O3.6C2H7NO/c2*8-6-4-2-1-3-5(6)7(9)10;6*3-1-2-4/h2*1-4,8H,(H,9,10);6*4H,1-3H2. The van der Waals surface area contributed by atoms with E-state index in [-0.39, 0.29) is 62.3 Å². The molecule has 0 saturated heterocycles. The fourth-order valence-corrected chi connectivity index (χ4v) is 1.31. The van der Waals surface area contributed by atoms with Gasteiger partial charge in [0.15, 0.2) is 0 Å². The van der Waals surface area contributed by atoms with Gasteiger partial charge in [-0.3, -0.25) is 0 Å². The van der Waals surface area contributed by atoms with E-state index in [0.717, 1.165) is 0 Å². The number of carboxylic acid groups (broad SMARTS) is 2. The number of rotatable bonds is 8. The zero-order valence-corrected chi connectivity index (χ0v) is 24.9. The summed E-state index contributed by atoms with van der Waals surface area (Å²) in [5, 5.41) is 81.1. The maximum absolute atomic E-state index is 10.3. The number of aliphatic hydroxyl groups is 6. The number of aromatic carboxylic acids is 2. The summed E-state index contributed by atoms with van der Waals surface area (Å²) in [5.41, 5.74) is 28.5. The van der Waals surface area contributed by atoms with Gasteiger partial charge in [-0.05, 0) is 24.3 Å². The number of aliphatic hydroxyl groups excluding tert-OH is 6. The lowest BCUT2D eigenvalue weighted by atomic mass is 10.2. The molecule has 22 N–H and O–H groups in total. The van der Waals surface area contributed by atoms with Crippen LogP contribution in [0.25, 0.3) is 0 Å². The minimum Gasteiger partial charge on any atom is -0.507 e. The predicted molar refractivity (Wildman–Crippen MR) is 167 cm³/mol. The van der Waals surface area contributed by atoms with E-state index in [9.17, 15) is 9.59 Å². The minimum atomic E-state index is -1.11. The highest BCUT2D eigenvalue weighted by Crippen LogP contribution is 2.15. The van der Waals surface area contributed by atoms with Crippen molar-refractivity contribution in [1.82, 2.24) is 0 Å². The summed E-state index contributed by atoms with van der Waals surface area (Å²) in [5.74, 6) is -2.62. The van der Waals surface area contributed by atoms with Gasteiger partial charge in [-0.1, -0.05) is 24.3 Å². The van der Waals surface area contributed by atoms with E-state index in [2.05, 4.69) is 0 Å². The van der Waals surface area contributed by atoms with Crippen molar-refractivity contribution in [2.24, 2.45) is 34.4 Å². The molecule has 0 bridgehead atoms. The fraction of sp³-hybridized carbons (Fsp3) is 0.462. The second-order valence-electron chi connectivity index (χ2n) is 6.72. The van der Waals surface area contributed by atoms with Crippen LogP contribution in [0, 0.1) is 0 Å². The summed E-state index contributed by atoms with van der Waals surface area (Å²) in [7, 11) is 0. The third-order valence-electron chi connectivity index (χ3n) is 3.04. The molecule has 0 aromatic heterocycles. The number of benzene rings is 2. The van der Waals surface area contributed by atoms with Crippen LogP contribution in [0.2, 0.25) is 0 Å². The van der Waals surface area contributed by atoms with E-state index in [1.807, 2.05) is 0 Å². The lowest BCUT2D eigenvalue weighted by Gasteiger charge is -1.95. The first-order valence-corrected chi connectivity index (χ1v) is 12.8. The molecule has 2 rings (SSSR count). The number of nitrogens with two attached hydrogens (primary N) is 6. The molecule has 0 radical (unpaired) electrons. The number of para-hydroxylation sites is 2. The third kappa shape index (κ3) is 51.3. The first kappa shape index (κ1) is 53.1. The highest BCUT2D eigenvalue weighted by atomic mass is 16.4. The first-order chi connectivity index (χ1) is 20.9. The van der Waals surface area contributed by atoms with Crippen LogP contribution >= 0.6 is 0 Å². The molecule has 260 valence electrons. The van der Waals surface area contributed by atoms with Gasteiger partial charge in [0.1, 0.15) is 22.6 Å².